The molecule has 1 aromatic heterocycles. The molecule has 20 heavy (non-hydrogen) atoms. The van der Waals surface area contributed by atoms with Gasteiger partial charge in [0.2, 0.25) is 0 Å². The molecule has 0 saturated carbocycles. The lowest BCUT2D eigenvalue weighted by Gasteiger charge is -2.08. The molecule has 1 heterocycles. The number of hydrogen-bond donors (Lipinski definition) is 2. The molecule has 0 unspecified atom stereocenters. The third-order valence-electron chi connectivity index (χ3n) is 2.42. The second-order valence-corrected chi connectivity index (χ2v) is 4.25. The maximum Gasteiger partial charge on any atom is 0.337 e. The normalized spacial score (nSPS) is 10.1. The van der Waals surface area contributed by atoms with E-state index >= 15 is 0 Å². The van der Waals surface area contributed by atoms with Gasteiger partial charge in [0.1, 0.15) is 11.5 Å². The molecule has 0 fully saturated rings. The maximum absolute atomic E-state index is 12.7. The molecule has 0 aliphatic rings. The number of carboxylic acid groups (broad SMARTS) is 1. The predicted molar refractivity (Wildman–Crippen MR) is 70.6 cm³/mol. The van der Waals surface area contributed by atoms with Crippen molar-refractivity contribution in [3.05, 3.63) is 58.6 Å². The van der Waals surface area contributed by atoms with Crippen LogP contribution in [-0.4, -0.2) is 22.0 Å². The summed E-state index contributed by atoms with van der Waals surface area (Å²) in [5.41, 5.74) is -0.0938. The topological polar surface area (TPSA) is 79.3 Å². The van der Waals surface area contributed by atoms with Gasteiger partial charge in [-0.3, -0.25) is 4.79 Å². The van der Waals surface area contributed by atoms with Crippen molar-refractivity contribution in [2.45, 2.75) is 0 Å². The number of carbonyl (C=O) groups is 2. The van der Waals surface area contributed by atoms with E-state index in [1.807, 2.05) is 0 Å². The van der Waals surface area contributed by atoms with Crippen molar-refractivity contribution >= 4 is 29.2 Å². The van der Waals surface area contributed by atoms with Crippen molar-refractivity contribution < 1.29 is 19.1 Å². The molecule has 1 aromatic carbocycles. The molecule has 2 rings (SSSR count). The third kappa shape index (κ3) is 3.10. The average molecular weight is 295 g/mol. The highest BCUT2D eigenvalue weighted by atomic mass is 35.5. The van der Waals surface area contributed by atoms with Gasteiger partial charge < -0.3 is 10.4 Å². The van der Waals surface area contributed by atoms with Crippen LogP contribution in [0.3, 0.4) is 0 Å². The quantitative estimate of drug-likeness (QED) is 0.912. The molecule has 0 aliphatic carbocycles. The molecule has 0 aliphatic heterocycles. The van der Waals surface area contributed by atoms with Gasteiger partial charge in [0, 0.05) is 5.02 Å². The van der Waals surface area contributed by atoms with Gasteiger partial charge in [-0.15, -0.1) is 0 Å². The first-order valence-corrected chi connectivity index (χ1v) is 5.81. The highest BCUT2D eigenvalue weighted by Gasteiger charge is 2.14. The molecule has 7 heteroatoms. The fraction of sp³-hybridized carbons (Fsp3) is 0. The number of amides is 1. The largest absolute Gasteiger partial charge is 0.478 e. The monoisotopic (exact) mass is 294 g/mol. The number of aromatic nitrogens is 1. The van der Waals surface area contributed by atoms with Gasteiger partial charge >= 0.3 is 5.97 Å². The van der Waals surface area contributed by atoms with Crippen LogP contribution in [-0.2, 0) is 0 Å². The molecule has 0 spiro atoms. The van der Waals surface area contributed by atoms with E-state index in [2.05, 4.69) is 10.3 Å². The summed E-state index contributed by atoms with van der Waals surface area (Å²) in [6.07, 6.45) is 0.898. The molecule has 2 aromatic rings. The van der Waals surface area contributed by atoms with Crippen LogP contribution in [0, 0.1) is 5.82 Å². The Balaban J connectivity index is 2.28. The third-order valence-corrected chi connectivity index (χ3v) is 2.66. The molecule has 102 valence electrons. The zero-order chi connectivity index (χ0) is 14.7. The fourth-order valence-corrected chi connectivity index (χ4v) is 1.67. The predicted octanol–water partition coefficient (Wildman–Crippen LogP) is 2.82. The smallest absolute Gasteiger partial charge is 0.337 e. The Kier molecular flexibility index (Phi) is 3.95. The van der Waals surface area contributed by atoms with Gasteiger partial charge in [0.05, 0.1) is 17.4 Å². The maximum atomic E-state index is 12.7. The van der Waals surface area contributed by atoms with Crippen LogP contribution in [0.4, 0.5) is 10.1 Å². The second-order valence-electron chi connectivity index (χ2n) is 3.81. The number of pyridine rings is 1. The van der Waals surface area contributed by atoms with Gasteiger partial charge in [0.25, 0.3) is 5.91 Å². The molecule has 0 radical (unpaired) electrons. The fourth-order valence-electron chi connectivity index (χ4n) is 1.50. The minimum atomic E-state index is -1.23. The number of nitrogens with zero attached hydrogens (tertiary/aromatic N) is 1. The summed E-state index contributed by atoms with van der Waals surface area (Å²) in [5, 5.41) is 11.7. The lowest BCUT2D eigenvalue weighted by molar-refractivity contribution is 0.0698. The van der Waals surface area contributed by atoms with E-state index in [-0.39, 0.29) is 22.0 Å². The van der Waals surface area contributed by atoms with Crippen molar-refractivity contribution in [3.63, 3.8) is 0 Å². The Bertz CT molecular complexity index is 674. The molecular formula is C13H8ClFN2O3. The van der Waals surface area contributed by atoms with Gasteiger partial charge in [0.15, 0.2) is 0 Å². The number of rotatable bonds is 3. The summed E-state index contributed by atoms with van der Waals surface area (Å²) in [6.45, 7) is 0. The molecule has 0 bridgehead atoms. The Hall–Kier alpha value is -2.47. The van der Waals surface area contributed by atoms with Gasteiger partial charge in [-0.2, -0.15) is 0 Å². The van der Waals surface area contributed by atoms with Gasteiger partial charge in [-0.25, -0.2) is 14.2 Å². The number of nitrogens with one attached hydrogen (secondary N) is 1. The molecule has 0 atom stereocenters. The van der Waals surface area contributed by atoms with Crippen LogP contribution in [0.25, 0.3) is 0 Å². The van der Waals surface area contributed by atoms with Crippen LogP contribution in [0.5, 0.6) is 0 Å². The number of carboxylic acids is 1. The van der Waals surface area contributed by atoms with E-state index in [1.165, 1.54) is 24.3 Å². The Morgan fingerprint density at radius 2 is 2.00 bits per heavy atom. The first kappa shape index (κ1) is 14.0. The Morgan fingerprint density at radius 1 is 1.25 bits per heavy atom. The van der Waals surface area contributed by atoms with Crippen LogP contribution in [0.15, 0.2) is 36.5 Å². The summed E-state index contributed by atoms with van der Waals surface area (Å²) < 4.78 is 12.7. The van der Waals surface area contributed by atoms with E-state index in [0.29, 0.717) is 0 Å². The SMILES string of the molecule is O=C(Nc1ccc(Cl)cc1C(=O)O)c1ccc(F)cn1. The lowest BCUT2D eigenvalue weighted by atomic mass is 10.1. The van der Waals surface area contributed by atoms with Crippen molar-refractivity contribution in [3.8, 4) is 0 Å². The van der Waals surface area contributed by atoms with Gasteiger partial charge in [-0.1, -0.05) is 11.6 Å². The minimum Gasteiger partial charge on any atom is -0.478 e. The number of carbonyl (C=O) groups excluding carboxylic acids is 1. The molecule has 2 N–H and O–H groups in total. The van der Waals surface area contributed by atoms with Crippen LogP contribution in [0.2, 0.25) is 5.02 Å². The molecule has 5 nitrogen and oxygen atoms in total. The minimum absolute atomic E-state index is 0.0299. The van der Waals surface area contributed by atoms with E-state index in [0.717, 1.165) is 12.3 Å². The summed E-state index contributed by atoms with van der Waals surface area (Å²) in [5.74, 6) is -2.44. The standard InChI is InChI=1S/C13H8ClFN2O3/c14-7-1-3-10(9(5-7)13(19)20)17-12(18)11-4-2-8(15)6-16-11/h1-6H,(H,17,18)(H,19,20). The van der Waals surface area contributed by atoms with Crippen LogP contribution >= 0.6 is 11.6 Å². The number of aromatic carboxylic acids is 1. The van der Waals surface area contributed by atoms with Crippen LogP contribution < -0.4 is 5.32 Å². The van der Waals surface area contributed by atoms with Gasteiger partial charge in [-0.05, 0) is 30.3 Å². The van der Waals surface area contributed by atoms with Crippen molar-refractivity contribution in [2.75, 3.05) is 5.32 Å². The summed E-state index contributed by atoms with van der Waals surface area (Å²) >= 11 is 5.70. The highest BCUT2D eigenvalue weighted by molar-refractivity contribution is 6.31. The summed E-state index contributed by atoms with van der Waals surface area (Å²) in [4.78, 5) is 26.5. The van der Waals surface area contributed by atoms with Crippen molar-refractivity contribution in [1.29, 1.82) is 0 Å². The van der Waals surface area contributed by atoms with E-state index in [1.54, 1.807) is 0 Å². The zero-order valence-corrected chi connectivity index (χ0v) is 10.7. The molecule has 0 saturated heterocycles. The molecule has 1 amide bonds. The zero-order valence-electron chi connectivity index (χ0n) is 9.93. The number of hydrogen-bond acceptors (Lipinski definition) is 3. The number of halogens is 2. The first-order chi connectivity index (χ1) is 9.47. The lowest BCUT2D eigenvalue weighted by Crippen LogP contribution is -2.16. The number of benzene rings is 1. The Labute approximate surface area is 118 Å². The highest BCUT2D eigenvalue weighted by Crippen LogP contribution is 2.21. The summed E-state index contributed by atoms with van der Waals surface area (Å²) in [7, 11) is 0. The van der Waals surface area contributed by atoms with Crippen molar-refractivity contribution in [2.24, 2.45) is 0 Å². The average Bonchev–Trinajstić information content (AvgIpc) is 2.41. The van der Waals surface area contributed by atoms with E-state index in [9.17, 15) is 14.0 Å². The number of anilines is 1. The second kappa shape index (κ2) is 5.66. The summed E-state index contributed by atoms with van der Waals surface area (Å²) in [6, 6.07) is 6.31. The van der Waals surface area contributed by atoms with Crippen molar-refractivity contribution in [1.82, 2.24) is 4.98 Å². The van der Waals surface area contributed by atoms with E-state index in [4.69, 9.17) is 16.7 Å². The van der Waals surface area contributed by atoms with Crippen LogP contribution in [0.1, 0.15) is 20.8 Å². The Morgan fingerprint density at radius 3 is 2.60 bits per heavy atom. The molecular weight excluding hydrogens is 287 g/mol. The first-order valence-electron chi connectivity index (χ1n) is 5.43. The van der Waals surface area contributed by atoms with E-state index < -0.39 is 17.7 Å².